The molecule has 1 aliphatic rings. The van der Waals surface area contributed by atoms with Crippen molar-refractivity contribution < 1.29 is 14.3 Å². The Labute approximate surface area is 101 Å². The van der Waals surface area contributed by atoms with Gasteiger partial charge in [-0.05, 0) is 24.6 Å². The first-order valence-corrected chi connectivity index (χ1v) is 5.80. The summed E-state index contributed by atoms with van der Waals surface area (Å²) in [4.78, 5) is 11.9. The Morgan fingerprint density at radius 2 is 2.41 bits per heavy atom. The summed E-state index contributed by atoms with van der Waals surface area (Å²) in [7, 11) is 0. The van der Waals surface area contributed by atoms with E-state index in [-0.39, 0.29) is 18.0 Å². The molecule has 2 atom stereocenters. The van der Waals surface area contributed by atoms with Crippen LogP contribution in [0.25, 0.3) is 0 Å². The number of ether oxygens (including phenoxy) is 2. The van der Waals surface area contributed by atoms with Crippen LogP contribution in [0.1, 0.15) is 24.8 Å². The molecular formula is C13H17NO3. The van der Waals surface area contributed by atoms with Crippen molar-refractivity contribution in [3.8, 4) is 0 Å². The van der Waals surface area contributed by atoms with Crippen LogP contribution < -0.4 is 5.73 Å². The standard InChI is InChI=1S/C13H17NO3/c1-9(10-3-2-4-11(14)7-10)13(15)17-12-5-6-16-8-12/h2-4,7,9,12H,5-6,8,14H2,1H3. The molecule has 1 aromatic carbocycles. The van der Waals surface area contributed by atoms with Gasteiger partial charge in [0.2, 0.25) is 0 Å². The Bertz CT molecular complexity index is 399. The summed E-state index contributed by atoms with van der Waals surface area (Å²) in [5.74, 6) is -0.509. The fourth-order valence-electron chi connectivity index (χ4n) is 1.84. The van der Waals surface area contributed by atoms with Crippen molar-refractivity contribution in [3.63, 3.8) is 0 Å². The van der Waals surface area contributed by atoms with Crippen LogP contribution >= 0.6 is 0 Å². The monoisotopic (exact) mass is 235 g/mol. The first kappa shape index (κ1) is 11.9. The van der Waals surface area contributed by atoms with E-state index in [4.69, 9.17) is 15.2 Å². The van der Waals surface area contributed by atoms with E-state index in [0.717, 1.165) is 12.0 Å². The Balaban J connectivity index is 1.98. The van der Waals surface area contributed by atoms with Crippen molar-refractivity contribution in [1.29, 1.82) is 0 Å². The highest BCUT2D eigenvalue weighted by Gasteiger charge is 2.24. The Hall–Kier alpha value is -1.55. The van der Waals surface area contributed by atoms with Crippen molar-refractivity contribution in [2.45, 2.75) is 25.4 Å². The minimum absolute atomic E-state index is 0.0917. The molecule has 17 heavy (non-hydrogen) atoms. The van der Waals surface area contributed by atoms with Crippen molar-refractivity contribution in [1.82, 2.24) is 0 Å². The predicted octanol–water partition coefficient (Wildman–Crippen LogP) is 1.70. The van der Waals surface area contributed by atoms with Gasteiger partial charge in [-0.1, -0.05) is 12.1 Å². The predicted molar refractivity (Wildman–Crippen MR) is 64.6 cm³/mol. The van der Waals surface area contributed by atoms with Gasteiger partial charge in [0.1, 0.15) is 6.10 Å². The molecule has 1 heterocycles. The zero-order valence-corrected chi connectivity index (χ0v) is 9.89. The second-order valence-corrected chi connectivity index (χ2v) is 4.31. The van der Waals surface area contributed by atoms with Gasteiger partial charge in [-0.15, -0.1) is 0 Å². The number of hydrogen-bond acceptors (Lipinski definition) is 4. The summed E-state index contributed by atoms with van der Waals surface area (Å²) in [6, 6.07) is 7.32. The number of carbonyl (C=O) groups is 1. The average molecular weight is 235 g/mol. The van der Waals surface area contributed by atoms with E-state index in [0.29, 0.717) is 18.9 Å². The van der Waals surface area contributed by atoms with Crippen molar-refractivity contribution in [2.24, 2.45) is 0 Å². The maximum Gasteiger partial charge on any atom is 0.313 e. The van der Waals surface area contributed by atoms with Gasteiger partial charge in [0.05, 0.1) is 19.1 Å². The molecule has 1 fully saturated rings. The summed E-state index contributed by atoms with van der Waals surface area (Å²) in [5.41, 5.74) is 7.23. The number of rotatable bonds is 3. The third-order valence-electron chi connectivity index (χ3n) is 2.93. The van der Waals surface area contributed by atoms with Crippen LogP contribution in [0.2, 0.25) is 0 Å². The Morgan fingerprint density at radius 1 is 1.59 bits per heavy atom. The normalized spacial score (nSPS) is 21.1. The molecule has 0 saturated carbocycles. The minimum atomic E-state index is -0.293. The van der Waals surface area contributed by atoms with E-state index < -0.39 is 0 Å². The summed E-state index contributed by atoms with van der Waals surface area (Å²) in [5, 5.41) is 0. The van der Waals surface area contributed by atoms with Gasteiger partial charge in [0, 0.05) is 12.1 Å². The zero-order chi connectivity index (χ0) is 12.3. The molecule has 0 radical (unpaired) electrons. The van der Waals surface area contributed by atoms with Gasteiger partial charge in [0.25, 0.3) is 0 Å². The number of esters is 1. The lowest BCUT2D eigenvalue weighted by molar-refractivity contribution is -0.150. The first-order chi connectivity index (χ1) is 8.16. The molecule has 0 bridgehead atoms. The van der Waals surface area contributed by atoms with Gasteiger partial charge in [-0.3, -0.25) is 4.79 Å². The highest BCUT2D eigenvalue weighted by molar-refractivity contribution is 5.78. The van der Waals surface area contributed by atoms with Crippen LogP contribution in [-0.4, -0.2) is 25.3 Å². The number of hydrogen-bond donors (Lipinski definition) is 1. The van der Waals surface area contributed by atoms with Crippen molar-refractivity contribution in [2.75, 3.05) is 18.9 Å². The molecule has 2 N–H and O–H groups in total. The summed E-state index contributed by atoms with van der Waals surface area (Å²) in [6.07, 6.45) is 0.695. The summed E-state index contributed by atoms with van der Waals surface area (Å²) in [6.45, 7) is 3.01. The lowest BCUT2D eigenvalue weighted by Crippen LogP contribution is -2.22. The topological polar surface area (TPSA) is 61.5 Å². The molecule has 4 heteroatoms. The largest absolute Gasteiger partial charge is 0.459 e. The molecule has 1 aromatic rings. The third-order valence-corrected chi connectivity index (χ3v) is 2.93. The van der Waals surface area contributed by atoms with Crippen LogP contribution in [0.15, 0.2) is 24.3 Å². The molecular weight excluding hydrogens is 218 g/mol. The van der Waals surface area contributed by atoms with E-state index >= 15 is 0 Å². The molecule has 0 aromatic heterocycles. The molecule has 0 aliphatic carbocycles. The summed E-state index contributed by atoms with van der Waals surface area (Å²) < 4.78 is 10.5. The van der Waals surface area contributed by atoms with Gasteiger partial charge in [-0.2, -0.15) is 0 Å². The van der Waals surface area contributed by atoms with Crippen LogP contribution in [0.5, 0.6) is 0 Å². The smallest absolute Gasteiger partial charge is 0.313 e. The van der Waals surface area contributed by atoms with Crippen LogP contribution in [-0.2, 0) is 14.3 Å². The molecule has 2 rings (SSSR count). The number of benzene rings is 1. The maximum absolute atomic E-state index is 11.9. The lowest BCUT2D eigenvalue weighted by atomic mass is 10.0. The fourth-order valence-corrected chi connectivity index (χ4v) is 1.84. The van der Waals surface area contributed by atoms with Gasteiger partial charge in [-0.25, -0.2) is 0 Å². The molecule has 1 aliphatic heterocycles. The van der Waals surface area contributed by atoms with E-state index in [1.807, 2.05) is 19.1 Å². The zero-order valence-electron chi connectivity index (χ0n) is 9.89. The van der Waals surface area contributed by atoms with E-state index in [2.05, 4.69) is 0 Å². The number of anilines is 1. The summed E-state index contributed by atoms with van der Waals surface area (Å²) >= 11 is 0. The van der Waals surface area contributed by atoms with Crippen LogP contribution in [0, 0.1) is 0 Å². The maximum atomic E-state index is 11.9. The molecule has 2 unspecified atom stereocenters. The average Bonchev–Trinajstić information content (AvgIpc) is 2.80. The minimum Gasteiger partial charge on any atom is -0.459 e. The molecule has 1 saturated heterocycles. The molecule has 92 valence electrons. The molecule has 4 nitrogen and oxygen atoms in total. The van der Waals surface area contributed by atoms with Crippen LogP contribution in [0.3, 0.4) is 0 Å². The van der Waals surface area contributed by atoms with E-state index in [9.17, 15) is 4.79 Å². The molecule has 0 spiro atoms. The second kappa shape index (κ2) is 5.19. The van der Waals surface area contributed by atoms with Crippen molar-refractivity contribution in [3.05, 3.63) is 29.8 Å². The van der Waals surface area contributed by atoms with Gasteiger partial charge >= 0.3 is 5.97 Å². The van der Waals surface area contributed by atoms with E-state index in [1.54, 1.807) is 12.1 Å². The SMILES string of the molecule is CC(C(=O)OC1CCOC1)c1cccc(N)c1. The lowest BCUT2D eigenvalue weighted by Gasteiger charge is -2.15. The number of nitrogen functional groups attached to an aromatic ring is 1. The van der Waals surface area contributed by atoms with Crippen molar-refractivity contribution >= 4 is 11.7 Å². The third kappa shape index (κ3) is 2.97. The second-order valence-electron chi connectivity index (χ2n) is 4.31. The molecule has 0 amide bonds. The fraction of sp³-hybridized carbons (Fsp3) is 0.462. The first-order valence-electron chi connectivity index (χ1n) is 5.80. The highest BCUT2D eigenvalue weighted by Crippen LogP contribution is 2.21. The quantitative estimate of drug-likeness (QED) is 0.640. The highest BCUT2D eigenvalue weighted by atomic mass is 16.6. The van der Waals surface area contributed by atoms with Gasteiger partial charge in [0.15, 0.2) is 0 Å². The Morgan fingerprint density at radius 3 is 3.06 bits per heavy atom. The number of nitrogens with two attached hydrogens (primary N) is 1. The number of carbonyl (C=O) groups excluding carboxylic acids is 1. The Kier molecular flexibility index (Phi) is 3.64. The van der Waals surface area contributed by atoms with Gasteiger partial charge < -0.3 is 15.2 Å². The van der Waals surface area contributed by atoms with Crippen LogP contribution in [0.4, 0.5) is 5.69 Å². The van der Waals surface area contributed by atoms with E-state index in [1.165, 1.54) is 0 Å².